The molecule has 0 amide bonds. The van der Waals surface area contributed by atoms with Crippen LogP contribution in [0.5, 0.6) is 0 Å². The molecular weight excluding hydrogens is 296 g/mol. The predicted octanol–water partition coefficient (Wildman–Crippen LogP) is 4.45. The zero-order chi connectivity index (χ0) is 16.9. The second-order valence-electron chi connectivity index (χ2n) is 8.43. The van der Waals surface area contributed by atoms with Crippen LogP contribution in [0.1, 0.15) is 58.3 Å². The molecule has 0 aromatic rings. The Morgan fingerprint density at radius 3 is 2.83 bits per heavy atom. The molecule has 1 N–H and O–H groups in total. The maximum atomic E-state index is 11.2. The number of allylic oxidation sites excluding steroid dienone is 4. The summed E-state index contributed by atoms with van der Waals surface area (Å²) in [4.78, 5) is 0. The van der Waals surface area contributed by atoms with E-state index in [1.54, 1.807) is 7.11 Å². The van der Waals surface area contributed by atoms with Crippen molar-refractivity contribution in [3.05, 3.63) is 23.5 Å². The first kappa shape index (κ1) is 16.3. The Bertz CT molecular complexity index is 624. The average molecular weight is 326 g/mol. The van der Waals surface area contributed by atoms with Crippen LogP contribution in [0, 0.1) is 41.4 Å². The van der Waals surface area contributed by atoms with Crippen molar-refractivity contribution in [3.63, 3.8) is 0 Å². The van der Waals surface area contributed by atoms with Crippen molar-refractivity contribution >= 4 is 0 Å². The molecule has 6 atom stereocenters. The highest BCUT2D eigenvalue weighted by atomic mass is 16.5. The molecule has 4 rings (SSSR count). The number of terminal acetylenes is 1. The van der Waals surface area contributed by atoms with E-state index in [0.717, 1.165) is 50.2 Å². The average Bonchev–Trinajstić information content (AvgIpc) is 2.94. The predicted molar refractivity (Wildman–Crippen MR) is 96.0 cm³/mol. The van der Waals surface area contributed by atoms with Crippen LogP contribution in [-0.4, -0.2) is 17.8 Å². The van der Waals surface area contributed by atoms with E-state index in [0.29, 0.717) is 17.8 Å². The van der Waals surface area contributed by atoms with Crippen LogP contribution < -0.4 is 0 Å². The summed E-state index contributed by atoms with van der Waals surface area (Å²) in [7, 11) is 1.79. The number of hydrogen-bond acceptors (Lipinski definition) is 2. The van der Waals surface area contributed by atoms with Gasteiger partial charge in [0.1, 0.15) is 5.60 Å². The molecule has 24 heavy (non-hydrogen) atoms. The van der Waals surface area contributed by atoms with E-state index in [2.05, 4.69) is 25.0 Å². The fraction of sp³-hybridized carbons (Fsp3) is 0.727. The van der Waals surface area contributed by atoms with Crippen molar-refractivity contribution in [3.8, 4) is 12.3 Å². The number of rotatable bonds is 2. The van der Waals surface area contributed by atoms with Gasteiger partial charge in [0, 0.05) is 11.8 Å². The van der Waals surface area contributed by atoms with Crippen LogP contribution in [0.15, 0.2) is 23.5 Å². The van der Waals surface area contributed by atoms with E-state index in [1.165, 1.54) is 18.4 Å². The van der Waals surface area contributed by atoms with Gasteiger partial charge >= 0.3 is 0 Å². The highest BCUT2D eigenvalue weighted by Gasteiger charge is 2.63. The summed E-state index contributed by atoms with van der Waals surface area (Å²) < 4.78 is 5.49. The van der Waals surface area contributed by atoms with Crippen LogP contribution in [0.2, 0.25) is 0 Å². The SMILES string of the molecule is C#C[C@@]1(O)CC[C@@H]2[C@H]3CC=C4C=C(OC)CC[C@H]4[C@@H]3CC[C@]21CC. The second kappa shape index (κ2) is 5.67. The van der Waals surface area contributed by atoms with Gasteiger partial charge in [-0.15, -0.1) is 6.42 Å². The monoisotopic (exact) mass is 326 g/mol. The molecular formula is C22H30O2. The van der Waals surface area contributed by atoms with Crippen molar-refractivity contribution in [1.82, 2.24) is 0 Å². The first-order chi connectivity index (χ1) is 11.6. The standard InChI is InChI=1S/C22H30O2/c1-4-21-12-10-18-17-9-7-16(24-3)14-15(17)6-8-19(18)20(21)11-13-22(21,23)5-2/h2,6,14,17-20,23H,4,7-13H2,1,3H3/t17-,18+,19+,20-,21-,22-/m1/s1. The van der Waals surface area contributed by atoms with Crippen LogP contribution >= 0.6 is 0 Å². The third kappa shape index (κ3) is 2.00. The summed E-state index contributed by atoms with van der Waals surface area (Å²) in [6.45, 7) is 2.24. The van der Waals surface area contributed by atoms with Crippen molar-refractivity contribution in [2.24, 2.45) is 29.1 Å². The molecule has 0 heterocycles. The van der Waals surface area contributed by atoms with Crippen molar-refractivity contribution in [2.75, 3.05) is 7.11 Å². The number of methoxy groups -OCH3 is 1. The van der Waals surface area contributed by atoms with Crippen LogP contribution in [-0.2, 0) is 4.74 Å². The Morgan fingerprint density at radius 2 is 2.12 bits per heavy atom. The molecule has 2 saturated carbocycles. The van der Waals surface area contributed by atoms with E-state index in [9.17, 15) is 5.11 Å². The van der Waals surface area contributed by atoms with E-state index >= 15 is 0 Å². The van der Waals surface area contributed by atoms with Crippen molar-refractivity contribution in [2.45, 2.75) is 63.9 Å². The molecule has 2 heteroatoms. The molecule has 0 bridgehead atoms. The summed E-state index contributed by atoms with van der Waals surface area (Å²) in [6.07, 6.45) is 19.2. The third-order valence-electron chi connectivity index (χ3n) is 8.07. The van der Waals surface area contributed by atoms with Gasteiger partial charge in [0.2, 0.25) is 0 Å². The number of ether oxygens (including phenoxy) is 1. The lowest BCUT2D eigenvalue weighted by atomic mass is 9.50. The van der Waals surface area contributed by atoms with Gasteiger partial charge in [-0.05, 0) is 80.3 Å². The number of fused-ring (bicyclic) bond motifs is 5. The maximum Gasteiger partial charge on any atom is 0.131 e. The smallest absolute Gasteiger partial charge is 0.131 e. The van der Waals surface area contributed by atoms with Crippen LogP contribution in [0.3, 0.4) is 0 Å². The molecule has 0 saturated heterocycles. The van der Waals surface area contributed by atoms with E-state index in [1.807, 2.05) is 0 Å². The summed E-state index contributed by atoms with van der Waals surface area (Å²) in [5, 5.41) is 11.2. The molecule has 4 aliphatic carbocycles. The van der Waals surface area contributed by atoms with Gasteiger partial charge in [-0.1, -0.05) is 18.9 Å². The summed E-state index contributed by atoms with van der Waals surface area (Å²) in [6, 6.07) is 0. The quantitative estimate of drug-likeness (QED) is 0.760. The summed E-state index contributed by atoms with van der Waals surface area (Å²) in [5.41, 5.74) is 0.585. The topological polar surface area (TPSA) is 29.5 Å². The Balaban J connectivity index is 1.67. The molecule has 2 nitrogen and oxygen atoms in total. The van der Waals surface area contributed by atoms with Crippen LogP contribution in [0.4, 0.5) is 0 Å². The van der Waals surface area contributed by atoms with Crippen molar-refractivity contribution < 1.29 is 9.84 Å². The summed E-state index contributed by atoms with van der Waals surface area (Å²) in [5.74, 6) is 6.70. The maximum absolute atomic E-state index is 11.2. The lowest BCUT2D eigenvalue weighted by Gasteiger charge is -2.55. The van der Waals surface area contributed by atoms with Gasteiger partial charge in [0.15, 0.2) is 0 Å². The molecule has 0 aromatic carbocycles. The first-order valence-electron chi connectivity index (χ1n) is 9.73. The lowest BCUT2D eigenvalue weighted by Crippen LogP contribution is -2.53. The minimum Gasteiger partial charge on any atom is -0.501 e. The number of aliphatic hydroxyl groups is 1. The van der Waals surface area contributed by atoms with Crippen LogP contribution in [0.25, 0.3) is 0 Å². The Labute approximate surface area is 146 Å². The fourth-order valence-corrected chi connectivity index (χ4v) is 6.87. The second-order valence-corrected chi connectivity index (χ2v) is 8.43. The zero-order valence-corrected chi connectivity index (χ0v) is 15.1. The molecule has 4 aliphatic rings. The molecule has 0 radical (unpaired) electrons. The Kier molecular flexibility index (Phi) is 3.84. The third-order valence-corrected chi connectivity index (χ3v) is 8.07. The Hall–Kier alpha value is -1.20. The van der Waals surface area contributed by atoms with Gasteiger partial charge in [0.25, 0.3) is 0 Å². The Morgan fingerprint density at radius 1 is 1.29 bits per heavy atom. The normalized spacial score (nSPS) is 46.8. The fourth-order valence-electron chi connectivity index (χ4n) is 6.87. The lowest BCUT2D eigenvalue weighted by molar-refractivity contribution is -0.0945. The zero-order valence-electron chi connectivity index (χ0n) is 15.1. The number of hydrogen-bond donors (Lipinski definition) is 1. The summed E-state index contributed by atoms with van der Waals surface area (Å²) >= 11 is 0. The molecule has 0 unspecified atom stereocenters. The molecule has 130 valence electrons. The highest BCUT2D eigenvalue weighted by molar-refractivity contribution is 5.33. The van der Waals surface area contributed by atoms with Gasteiger partial charge < -0.3 is 9.84 Å². The van der Waals surface area contributed by atoms with Gasteiger partial charge in [-0.2, -0.15) is 0 Å². The van der Waals surface area contributed by atoms with Gasteiger partial charge in [0.05, 0.1) is 12.9 Å². The molecule has 0 aromatic heterocycles. The van der Waals surface area contributed by atoms with Gasteiger partial charge in [-0.25, -0.2) is 0 Å². The van der Waals surface area contributed by atoms with Gasteiger partial charge in [-0.3, -0.25) is 0 Å². The molecule has 2 fully saturated rings. The minimum atomic E-state index is -0.878. The minimum absolute atomic E-state index is 0.0452. The largest absolute Gasteiger partial charge is 0.501 e. The molecule has 0 spiro atoms. The van der Waals surface area contributed by atoms with E-state index in [-0.39, 0.29) is 5.41 Å². The van der Waals surface area contributed by atoms with E-state index in [4.69, 9.17) is 11.2 Å². The molecule has 0 aliphatic heterocycles. The highest BCUT2D eigenvalue weighted by Crippen LogP contribution is 2.65. The van der Waals surface area contributed by atoms with E-state index < -0.39 is 5.60 Å². The first-order valence-corrected chi connectivity index (χ1v) is 9.73. The van der Waals surface area contributed by atoms with Crippen molar-refractivity contribution in [1.29, 1.82) is 0 Å².